The second-order valence-corrected chi connectivity index (χ2v) is 5.96. The van der Waals surface area contributed by atoms with Crippen LogP contribution in [0.15, 0.2) is 18.2 Å². The zero-order valence-electron chi connectivity index (χ0n) is 13.4. The molecule has 1 saturated heterocycles. The molecule has 8 heteroatoms. The van der Waals surface area contributed by atoms with E-state index >= 15 is 0 Å². The topological polar surface area (TPSA) is 105 Å². The number of imide groups is 1. The van der Waals surface area contributed by atoms with E-state index in [0.29, 0.717) is 30.3 Å². The van der Waals surface area contributed by atoms with Crippen LogP contribution >= 0.6 is 0 Å². The third-order valence-electron chi connectivity index (χ3n) is 4.29. The van der Waals surface area contributed by atoms with E-state index in [1.807, 2.05) is 0 Å². The van der Waals surface area contributed by atoms with Crippen LogP contribution < -0.4 is 14.8 Å². The molecular weight excluding hydrogens is 316 g/mol. The van der Waals surface area contributed by atoms with Crippen molar-refractivity contribution in [3.05, 3.63) is 23.8 Å². The number of carbonyl (C=O) groups excluding carboxylic acids is 2. The number of nitrogens with one attached hydrogen (secondary N) is 1. The number of carbonyl (C=O) groups is 3. The number of amides is 3. The van der Waals surface area contributed by atoms with Crippen molar-refractivity contribution in [2.75, 3.05) is 13.2 Å². The van der Waals surface area contributed by atoms with Gasteiger partial charge in [-0.1, -0.05) is 6.07 Å². The molecule has 0 saturated carbocycles. The molecular formula is C16H18N2O6. The predicted octanol–water partition coefficient (Wildman–Crippen LogP) is 1.09. The predicted molar refractivity (Wildman–Crippen MR) is 81.9 cm³/mol. The van der Waals surface area contributed by atoms with Gasteiger partial charge in [0, 0.05) is 6.42 Å². The van der Waals surface area contributed by atoms with Crippen molar-refractivity contribution in [1.29, 1.82) is 0 Å². The highest BCUT2D eigenvalue weighted by Gasteiger charge is 2.52. The summed E-state index contributed by atoms with van der Waals surface area (Å²) in [6.45, 7) is 3.87. The summed E-state index contributed by atoms with van der Waals surface area (Å²) < 4.78 is 11.2. The average Bonchev–Trinajstić information content (AvgIpc) is 2.71. The first kappa shape index (κ1) is 16.1. The highest BCUT2D eigenvalue weighted by molar-refractivity contribution is 6.09. The van der Waals surface area contributed by atoms with Crippen molar-refractivity contribution in [2.45, 2.75) is 31.8 Å². The largest absolute Gasteiger partial charge is 0.490 e. The van der Waals surface area contributed by atoms with Crippen LogP contribution in [0.25, 0.3) is 0 Å². The molecule has 2 aliphatic rings. The lowest BCUT2D eigenvalue weighted by atomic mass is 9.91. The Morgan fingerprint density at radius 1 is 1.29 bits per heavy atom. The Bertz CT molecular complexity index is 719. The Hall–Kier alpha value is -2.77. The fourth-order valence-corrected chi connectivity index (χ4v) is 2.79. The molecule has 2 N–H and O–H groups in total. The van der Waals surface area contributed by atoms with Gasteiger partial charge in [0.25, 0.3) is 5.91 Å². The van der Waals surface area contributed by atoms with Crippen molar-refractivity contribution >= 4 is 17.9 Å². The maximum atomic E-state index is 12.7. The molecule has 3 amide bonds. The van der Waals surface area contributed by atoms with Gasteiger partial charge in [-0.3, -0.25) is 4.79 Å². The van der Waals surface area contributed by atoms with E-state index in [2.05, 4.69) is 5.32 Å². The van der Waals surface area contributed by atoms with Crippen LogP contribution in [0.3, 0.4) is 0 Å². The smallest absolute Gasteiger partial charge is 0.326 e. The third kappa shape index (κ3) is 2.44. The van der Waals surface area contributed by atoms with Crippen molar-refractivity contribution in [2.24, 2.45) is 0 Å². The molecule has 2 unspecified atom stereocenters. The van der Waals surface area contributed by atoms with E-state index in [9.17, 15) is 14.4 Å². The van der Waals surface area contributed by atoms with Crippen LogP contribution in [0, 0.1) is 0 Å². The first-order valence-corrected chi connectivity index (χ1v) is 7.63. The number of hydrogen-bond donors (Lipinski definition) is 2. The molecule has 3 rings (SSSR count). The number of nitrogens with zero attached hydrogens (tertiary/aromatic N) is 1. The number of hydrogen-bond acceptors (Lipinski definition) is 5. The summed E-state index contributed by atoms with van der Waals surface area (Å²) in [5.41, 5.74) is -0.851. The lowest BCUT2D eigenvalue weighted by molar-refractivity contribution is -0.147. The molecule has 1 fully saturated rings. The Morgan fingerprint density at radius 3 is 2.62 bits per heavy atom. The monoisotopic (exact) mass is 334 g/mol. The molecule has 1 aromatic carbocycles. The number of benzene rings is 1. The molecule has 0 aliphatic carbocycles. The number of rotatable bonds is 3. The summed E-state index contributed by atoms with van der Waals surface area (Å²) in [6.07, 6.45) is 0.751. The maximum Gasteiger partial charge on any atom is 0.326 e. The van der Waals surface area contributed by atoms with Gasteiger partial charge in [-0.05, 0) is 31.5 Å². The second kappa shape index (κ2) is 5.70. The third-order valence-corrected chi connectivity index (χ3v) is 4.29. The molecule has 0 bridgehead atoms. The molecule has 128 valence electrons. The summed E-state index contributed by atoms with van der Waals surface area (Å²) >= 11 is 0. The first-order chi connectivity index (χ1) is 11.3. The van der Waals surface area contributed by atoms with Crippen molar-refractivity contribution in [3.63, 3.8) is 0 Å². The number of carboxylic acid groups (broad SMARTS) is 1. The highest BCUT2D eigenvalue weighted by atomic mass is 16.5. The van der Waals surface area contributed by atoms with E-state index in [1.54, 1.807) is 25.1 Å². The van der Waals surface area contributed by atoms with Crippen LogP contribution in [-0.2, 0) is 15.1 Å². The standard InChI is InChI=1S/C16H18N2O6/c1-9(13(19)20)18-14(21)16(2,17-15(18)22)10-4-5-11-12(8-10)24-7-3-6-23-11/h4-5,8-9H,3,6-7H2,1-2H3,(H,17,22)(H,19,20). The molecule has 0 aromatic heterocycles. The van der Waals surface area contributed by atoms with Gasteiger partial charge in [0.1, 0.15) is 11.6 Å². The zero-order valence-corrected chi connectivity index (χ0v) is 13.4. The Balaban J connectivity index is 1.97. The van der Waals surface area contributed by atoms with Crippen LogP contribution in [0.2, 0.25) is 0 Å². The zero-order chi connectivity index (χ0) is 17.5. The fourth-order valence-electron chi connectivity index (χ4n) is 2.79. The molecule has 2 aliphatic heterocycles. The number of aliphatic carboxylic acids is 1. The summed E-state index contributed by atoms with van der Waals surface area (Å²) in [7, 11) is 0. The number of ether oxygens (including phenoxy) is 2. The van der Waals surface area contributed by atoms with Crippen molar-refractivity contribution in [1.82, 2.24) is 10.2 Å². The van der Waals surface area contributed by atoms with Crippen LogP contribution in [0.5, 0.6) is 11.5 Å². The minimum absolute atomic E-state index is 0.496. The van der Waals surface area contributed by atoms with Crippen molar-refractivity contribution < 1.29 is 29.0 Å². The van der Waals surface area contributed by atoms with Gasteiger partial charge in [0.2, 0.25) is 0 Å². The molecule has 0 radical (unpaired) electrons. The minimum Gasteiger partial charge on any atom is -0.490 e. The molecule has 0 spiro atoms. The van der Waals surface area contributed by atoms with E-state index in [1.165, 1.54) is 6.92 Å². The van der Waals surface area contributed by atoms with E-state index in [0.717, 1.165) is 11.3 Å². The van der Waals surface area contributed by atoms with Gasteiger partial charge < -0.3 is 19.9 Å². The van der Waals surface area contributed by atoms with Gasteiger partial charge in [-0.15, -0.1) is 0 Å². The molecule has 2 heterocycles. The van der Waals surface area contributed by atoms with Crippen LogP contribution in [0.4, 0.5) is 4.79 Å². The maximum absolute atomic E-state index is 12.7. The number of fused-ring (bicyclic) bond motifs is 1. The molecule has 8 nitrogen and oxygen atoms in total. The summed E-state index contributed by atoms with van der Waals surface area (Å²) in [6, 6.07) is 3.02. The number of carboxylic acids is 1. The summed E-state index contributed by atoms with van der Waals surface area (Å²) in [5, 5.41) is 11.7. The highest BCUT2D eigenvalue weighted by Crippen LogP contribution is 2.37. The molecule has 1 aromatic rings. The van der Waals surface area contributed by atoms with Gasteiger partial charge in [-0.2, -0.15) is 0 Å². The van der Waals surface area contributed by atoms with Crippen LogP contribution in [-0.4, -0.2) is 47.2 Å². The minimum atomic E-state index is -1.36. The Morgan fingerprint density at radius 2 is 1.96 bits per heavy atom. The molecule has 24 heavy (non-hydrogen) atoms. The lowest BCUT2D eigenvalue weighted by Crippen LogP contribution is -2.45. The Kier molecular flexibility index (Phi) is 3.82. The summed E-state index contributed by atoms with van der Waals surface area (Å²) in [4.78, 5) is 36.7. The number of urea groups is 1. The Labute approximate surface area is 138 Å². The van der Waals surface area contributed by atoms with Crippen molar-refractivity contribution in [3.8, 4) is 11.5 Å². The first-order valence-electron chi connectivity index (χ1n) is 7.63. The summed E-state index contributed by atoms with van der Waals surface area (Å²) in [5.74, 6) is -0.788. The second-order valence-electron chi connectivity index (χ2n) is 5.96. The SMILES string of the molecule is CC(C(=O)O)N1C(=O)NC(C)(c2ccc3c(c2)OCCCO3)C1=O. The fraction of sp³-hybridized carbons (Fsp3) is 0.438. The van der Waals surface area contributed by atoms with E-state index in [-0.39, 0.29) is 0 Å². The van der Waals surface area contributed by atoms with Gasteiger partial charge >= 0.3 is 12.0 Å². The van der Waals surface area contributed by atoms with Crippen LogP contribution in [0.1, 0.15) is 25.8 Å². The van der Waals surface area contributed by atoms with E-state index in [4.69, 9.17) is 14.6 Å². The normalized spacial score (nSPS) is 24.3. The average molecular weight is 334 g/mol. The van der Waals surface area contributed by atoms with Gasteiger partial charge in [0.15, 0.2) is 11.5 Å². The van der Waals surface area contributed by atoms with Gasteiger partial charge in [-0.25, -0.2) is 14.5 Å². The quantitative estimate of drug-likeness (QED) is 0.802. The van der Waals surface area contributed by atoms with Gasteiger partial charge in [0.05, 0.1) is 13.2 Å². The lowest BCUT2D eigenvalue weighted by Gasteiger charge is -2.24. The molecule has 2 atom stereocenters. The van der Waals surface area contributed by atoms with E-state index < -0.39 is 29.5 Å².